The maximum atomic E-state index is 10.3. The smallest absolute Gasteiger partial charge is 0.321 e. The molecule has 2 N–H and O–H groups in total. The van der Waals surface area contributed by atoms with Crippen molar-refractivity contribution in [2.24, 2.45) is 0 Å². The summed E-state index contributed by atoms with van der Waals surface area (Å²) >= 11 is 4.08. The van der Waals surface area contributed by atoms with E-state index in [-0.39, 0.29) is 5.25 Å². The van der Waals surface area contributed by atoms with Gasteiger partial charge in [0.1, 0.15) is 6.04 Å². The molecule has 0 aliphatic carbocycles. The molecule has 3 nitrogen and oxygen atoms in total. The van der Waals surface area contributed by atoms with Crippen LogP contribution < -0.4 is 5.32 Å². The first-order chi connectivity index (χ1) is 4.22. The van der Waals surface area contributed by atoms with Gasteiger partial charge in [0.05, 0.1) is 0 Å². The van der Waals surface area contributed by atoms with Crippen molar-refractivity contribution < 1.29 is 9.90 Å². The first kappa shape index (κ1) is 6.89. The van der Waals surface area contributed by atoms with Crippen molar-refractivity contribution in [1.29, 1.82) is 0 Å². The van der Waals surface area contributed by atoms with Gasteiger partial charge in [-0.25, -0.2) is 0 Å². The van der Waals surface area contributed by atoms with Gasteiger partial charge in [0, 0.05) is 5.25 Å². The summed E-state index contributed by atoms with van der Waals surface area (Å²) in [5.41, 5.74) is 0. The van der Waals surface area contributed by atoms with Crippen molar-refractivity contribution in [1.82, 2.24) is 5.32 Å². The van der Waals surface area contributed by atoms with Crippen molar-refractivity contribution in [2.45, 2.75) is 17.7 Å². The minimum atomic E-state index is -0.799. The van der Waals surface area contributed by atoms with E-state index in [1.807, 2.05) is 0 Å². The Kier molecular flexibility index (Phi) is 1.97. The average molecular weight is 147 g/mol. The summed E-state index contributed by atoms with van der Waals surface area (Å²) in [4.78, 5) is 10.3. The van der Waals surface area contributed by atoms with Crippen molar-refractivity contribution in [3.8, 4) is 0 Å². The Morgan fingerprint density at radius 3 is 2.67 bits per heavy atom. The highest BCUT2D eigenvalue weighted by atomic mass is 32.1. The van der Waals surface area contributed by atoms with Gasteiger partial charge < -0.3 is 10.4 Å². The number of carbonyl (C=O) groups is 1. The van der Waals surface area contributed by atoms with Crippen molar-refractivity contribution in [3.63, 3.8) is 0 Å². The average Bonchev–Trinajstić information content (AvgIpc) is 2.13. The second kappa shape index (κ2) is 2.58. The first-order valence-corrected chi connectivity index (χ1v) is 3.37. The Hall–Kier alpha value is -0.220. The molecule has 1 heterocycles. The predicted octanol–water partition coefficient (Wildman–Crippen LogP) is -0.269. The van der Waals surface area contributed by atoms with Gasteiger partial charge in [-0.15, -0.1) is 0 Å². The van der Waals surface area contributed by atoms with Crippen LogP contribution >= 0.6 is 12.6 Å². The molecule has 0 aromatic carbocycles. The van der Waals surface area contributed by atoms with Gasteiger partial charge in [-0.1, -0.05) is 0 Å². The summed E-state index contributed by atoms with van der Waals surface area (Å²) < 4.78 is 0. The number of rotatable bonds is 1. The van der Waals surface area contributed by atoms with Gasteiger partial charge in [0.2, 0.25) is 0 Å². The Morgan fingerprint density at radius 1 is 1.78 bits per heavy atom. The topological polar surface area (TPSA) is 49.3 Å². The number of thiol groups is 1. The van der Waals surface area contributed by atoms with E-state index < -0.39 is 12.0 Å². The molecular formula is C5H9NO2S. The van der Waals surface area contributed by atoms with E-state index in [4.69, 9.17) is 5.11 Å². The Bertz CT molecular complexity index is 128. The first-order valence-electron chi connectivity index (χ1n) is 2.86. The van der Waals surface area contributed by atoms with Gasteiger partial charge in [-0.2, -0.15) is 12.6 Å². The highest BCUT2D eigenvalue weighted by Crippen LogP contribution is 2.12. The molecule has 0 aromatic heterocycles. The molecule has 4 heteroatoms. The SMILES string of the molecule is O=C(O)[C@@H]1NCC[C@@H]1S. The number of carboxylic acids is 1. The second-order valence-corrected chi connectivity index (χ2v) is 2.79. The largest absolute Gasteiger partial charge is 0.480 e. The molecule has 0 radical (unpaired) electrons. The van der Waals surface area contributed by atoms with Gasteiger partial charge >= 0.3 is 5.97 Å². The van der Waals surface area contributed by atoms with Crippen LogP contribution in [0.25, 0.3) is 0 Å². The van der Waals surface area contributed by atoms with Crippen LogP contribution in [0.3, 0.4) is 0 Å². The zero-order chi connectivity index (χ0) is 6.85. The quantitative estimate of drug-likeness (QED) is 0.447. The minimum Gasteiger partial charge on any atom is -0.480 e. The number of aliphatic carboxylic acids is 1. The fourth-order valence-electron chi connectivity index (χ4n) is 0.941. The zero-order valence-corrected chi connectivity index (χ0v) is 5.77. The van der Waals surface area contributed by atoms with E-state index >= 15 is 0 Å². The summed E-state index contributed by atoms with van der Waals surface area (Å²) in [6, 6.07) is -0.437. The molecule has 0 bridgehead atoms. The van der Waals surface area contributed by atoms with Crippen LogP contribution in [0.4, 0.5) is 0 Å². The molecule has 1 aliphatic heterocycles. The minimum absolute atomic E-state index is 0.0116. The predicted molar refractivity (Wildman–Crippen MR) is 36.8 cm³/mol. The molecule has 1 saturated heterocycles. The third-order valence-electron chi connectivity index (χ3n) is 1.46. The highest BCUT2D eigenvalue weighted by Gasteiger charge is 2.29. The molecule has 9 heavy (non-hydrogen) atoms. The highest BCUT2D eigenvalue weighted by molar-refractivity contribution is 7.81. The number of hydrogen-bond acceptors (Lipinski definition) is 3. The van der Waals surface area contributed by atoms with Crippen LogP contribution in [0.15, 0.2) is 0 Å². The molecule has 0 amide bonds. The van der Waals surface area contributed by atoms with E-state index in [2.05, 4.69) is 17.9 Å². The third kappa shape index (κ3) is 1.37. The van der Waals surface area contributed by atoms with Crippen LogP contribution in [0.1, 0.15) is 6.42 Å². The zero-order valence-electron chi connectivity index (χ0n) is 4.87. The van der Waals surface area contributed by atoms with Gasteiger partial charge in [0.25, 0.3) is 0 Å². The molecule has 1 rings (SSSR count). The standard InChI is InChI=1S/C5H9NO2S/c7-5(8)4-3(9)1-2-6-4/h3-4,6,9H,1-2H2,(H,7,8)/t3-,4+/m0/s1. The van der Waals surface area contributed by atoms with E-state index in [1.54, 1.807) is 0 Å². The van der Waals surface area contributed by atoms with E-state index in [0.29, 0.717) is 0 Å². The van der Waals surface area contributed by atoms with Crippen LogP contribution in [0.2, 0.25) is 0 Å². The van der Waals surface area contributed by atoms with Gasteiger partial charge in [-0.3, -0.25) is 4.79 Å². The van der Waals surface area contributed by atoms with Gasteiger partial charge in [-0.05, 0) is 13.0 Å². The normalized spacial score (nSPS) is 34.8. The molecular weight excluding hydrogens is 138 g/mol. The molecule has 0 saturated carbocycles. The second-order valence-electron chi connectivity index (χ2n) is 2.13. The summed E-state index contributed by atoms with van der Waals surface area (Å²) in [6.07, 6.45) is 0.847. The lowest BCUT2D eigenvalue weighted by molar-refractivity contribution is -0.138. The van der Waals surface area contributed by atoms with Crippen molar-refractivity contribution >= 4 is 18.6 Å². The molecule has 0 unspecified atom stereocenters. The van der Waals surface area contributed by atoms with E-state index in [9.17, 15) is 4.79 Å². The molecule has 1 fully saturated rings. The third-order valence-corrected chi connectivity index (χ3v) is 2.01. The molecule has 0 spiro atoms. The lowest BCUT2D eigenvalue weighted by Crippen LogP contribution is -2.35. The molecule has 2 atom stereocenters. The summed E-state index contributed by atoms with van der Waals surface area (Å²) in [6.45, 7) is 0.769. The van der Waals surface area contributed by atoms with E-state index in [1.165, 1.54) is 0 Å². The Balaban J connectivity index is 2.49. The van der Waals surface area contributed by atoms with Crippen molar-refractivity contribution in [3.05, 3.63) is 0 Å². The van der Waals surface area contributed by atoms with Gasteiger partial charge in [0.15, 0.2) is 0 Å². The molecule has 0 aromatic rings. The van der Waals surface area contributed by atoms with Crippen LogP contribution in [0.5, 0.6) is 0 Å². The summed E-state index contributed by atoms with van der Waals surface area (Å²) in [7, 11) is 0. The fraction of sp³-hybridized carbons (Fsp3) is 0.800. The molecule has 1 aliphatic rings. The number of carboxylic acid groups (broad SMARTS) is 1. The Labute approximate surface area is 58.9 Å². The van der Waals surface area contributed by atoms with E-state index in [0.717, 1.165) is 13.0 Å². The monoisotopic (exact) mass is 147 g/mol. The lowest BCUT2D eigenvalue weighted by atomic mass is 10.2. The van der Waals surface area contributed by atoms with Crippen LogP contribution in [-0.4, -0.2) is 28.9 Å². The number of hydrogen-bond donors (Lipinski definition) is 3. The molecule has 52 valence electrons. The Morgan fingerprint density at radius 2 is 2.44 bits per heavy atom. The summed E-state index contributed by atoms with van der Waals surface area (Å²) in [5.74, 6) is -0.799. The summed E-state index contributed by atoms with van der Waals surface area (Å²) in [5, 5.41) is 11.3. The lowest BCUT2D eigenvalue weighted by Gasteiger charge is -2.07. The number of nitrogens with one attached hydrogen (secondary N) is 1. The fourth-order valence-corrected chi connectivity index (χ4v) is 1.30. The maximum absolute atomic E-state index is 10.3. The van der Waals surface area contributed by atoms with Crippen molar-refractivity contribution in [2.75, 3.05) is 6.54 Å². The maximum Gasteiger partial charge on any atom is 0.321 e. The van der Waals surface area contributed by atoms with Crippen LogP contribution in [0, 0.1) is 0 Å². The van der Waals surface area contributed by atoms with Crippen LogP contribution in [-0.2, 0) is 4.79 Å².